The molecule has 4 nitrogen and oxygen atoms in total. The molecular weight excluding hydrogens is 218 g/mol. The van der Waals surface area contributed by atoms with Gasteiger partial charge in [0.05, 0.1) is 6.04 Å². The normalized spacial score (nSPS) is 13.7. The van der Waals surface area contributed by atoms with Gasteiger partial charge in [-0.25, -0.2) is 13.6 Å². The molecule has 0 fully saturated rings. The second kappa shape index (κ2) is 6.62. The molecule has 0 aliphatic carbocycles. The molecule has 0 aliphatic rings. The SMILES string of the molecule is CC(C)(C)OC(=O)NC(CCCN)C(F)F. The number of carbonyl (C=O) groups is 1. The highest BCUT2D eigenvalue weighted by molar-refractivity contribution is 5.68. The molecule has 0 radical (unpaired) electrons. The molecule has 0 bridgehead atoms. The lowest BCUT2D eigenvalue weighted by atomic mass is 10.1. The van der Waals surface area contributed by atoms with E-state index in [0.717, 1.165) is 0 Å². The Labute approximate surface area is 94.5 Å². The quantitative estimate of drug-likeness (QED) is 0.768. The maximum atomic E-state index is 12.5. The van der Waals surface area contributed by atoms with Crippen molar-refractivity contribution in [1.29, 1.82) is 0 Å². The summed E-state index contributed by atoms with van der Waals surface area (Å²) in [6, 6.07) is -1.20. The van der Waals surface area contributed by atoms with E-state index >= 15 is 0 Å². The number of ether oxygens (including phenoxy) is 1. The van der Waals surface area contributed by atoms with E-state index < -0.39 is 24.2 Å². The Bertz CT molecular complexity index is 217. The van der Waals surface area contributed by atoms with Crippen molar-refractivity contribution in [3.05, 3.63) is 0 Å². The Hall–Kier alpha value is -0.910. The summed E-state index contributed by atoms with van der Waals surface area (Å²) in [5, 5.41) is 2.14. The fourth-order valence-corrected chi connectivity index (χ4v) is 1.06. The number of carbonyl (C=O) groups excluding carboxylic acids is 1. The van der Waals surface area contributed by atoms with Gasteiger partial charge in [-0.1, -0.05) is 0 Å². The summed E-state index contributed by atoms with van der Waals surface area (Å²) in [7, 11) is 0. The van der Waals surface area contributed by atoms with Gasteiger partial charge < -0.3 is 15.8 Å². The molecule has 0 aliphatic heterocycles. The summed E-state index contributed by atoms with van der Waals surface area (Å²) in [5.74, 6) is 0. The first-order valence-corrected chi connectivity index (χ1v) is 5.24. The maximum absolute atomic E-state index is 12.5. The molecule has 1 unspecified atom stereocenters. The Balaban J connectivity index is 4.13. The predicted octanol–water partition coefficient (Wildman–Crippen LogP) is 1.88. The van der Waals surface area contributed by atoms with E-state index in [9.17, 15) is 13.6 Å². The smallest absolute Gasteiger partial charge is 0.408 e. The number of alkyl halides is 2. The lowest BCUT2D eigenvalue weighted by Gasteiger charge is -2.23. The summed E-state index contributed by atoms with van der Waals surface area (Å²) >= 11 is 0. The van der Waals surface area contributed by atoms with E-state index in [0.29, 0.717) is 13.0 Å². The van der Waals surface area contributed by atoms with E-state index in [2.05, 4.69) is 5.32 Å². The van der Waals surface area contributed by atoms with Crippen molar-refractivity contribution in [3.63, 3.8) is 0 Å². The highest BCUT2D eigenvalue weighted by Gasteiger charge is 2.24. The molecule has 16 heavy (non-hydrogen) atoms. The maximum Gasteiger partial charge on any atom is 0.408 e. The molecule has 0 aromatic rings. The summed E-state index contributed by atoms with van der Waals surface area (Å²) < 4.78 is 29.9. The van der Waals surface area contributed by atoms with Gasteiger partial charge in [0.25, 0.3) is 6.43 Å². The van der Waals surface area contributed by atoms with Crippen molar-refractivity contribution in [1.82, 2.24) is 5.32 Å². The molecule has 0 saturated carbocycles. The summed E-state index contributed by atoms with van der Waals surface area (Å²) in [4.78, 5) is 11.2. The van der Waals surface area contributed by atoms with Gasteiger partial charge in [0.1, 0.15) is 5.60 Å². The van der Waals surface area contributed by atoms with Crippen LogP contribution in [0.1, 0.15) is 33.6 Å². The number of nitrogens with two attached hydrogens (primary N) is 1. The highest BCUT2D eigenvalue weighted by atomic mass is 19.3. The monoisotopic (exact) mass is 238 g/mol. The van der Waals surface area contributed by atoms with E-state index in [1.54, 1.807) is 20.8 Å². The topological polar surface area (TPSA) is 64.3 Å². The number of nitrogens with one attached hydrogen (secondary N) is 1. The molecule has 96 valence electrons. The van der Waals surface area contributed by atoms with Crippen molar-refractivity contribution in [2.24, 2.45) is 5.73 Å². The van der Waals surface area contributed by atoms with E-state index in [1.807, 2.05) is 0 Å². The molecular formula is C10H20F2N2O2. The zero-order valence-electron chi connectivity index (χ0n) is 9.93. The average molecular weight is 238 g/mol. The van der Waals surface area contributed by atoms with Crippen LogP contribution in [-0.4, -0.2) is 30.7 Å². The summed E-state index contributed by atoms with van der Waals surface area (Å²) in [5.41, 5.74) is 4.53. The van der Waals surface area contributed by atoms with Crippen molar-refractivity contribution in [2.45, 2.75) is 51.7 Å². The zero-order valence-corrected chi connectivity index (χ0v) is 9.93. The van der Waals surface area contributed by atoms with Gasteiger partial charge in [0, 0.05) is 0 Å². The lowest BCUT2D eigenvalue weighted by Crippen LogP contribution is -2.43. The van der Waals surface area contributed by atoms with Gasteiger partial charge >= 0.3 is 6.09 Å². The van der Waals surface area contributed by atoms with Crippen molar-refractivity contribution < 1.29 is 18.3 Å². The van der Waals surface area contributed by atoms with Gasteiger partial charge in [-0.05, 0) is 40.2 Å². The fourth-order valence-electron chi connectivity index (χ4n) is 1.06. The molecule has 0 heterocycles. The van der Waals surface area contributed by atoms with Crippen LogP contribution in [0.5, 0.6) is 0 Å². The van der Waals surface area contributed by atoms with Crippen LogP contribution in [0.2, 0.25) is 0 Å². The number of hydrogen-bond acceptors (Lipinski definition) is 3. The minimum atomic E-state index is -2.61. The molecule has 6 heteroatoms. The summed E-state index contributed by atoms with van der Waals surface area (Å²) in [6.45, 7) is 5.33. The highest BCUT2D eigenvalue weighted by Crippen LogP contribution is 2.10. The first kappa shape index (κ1) is 15.1. The molecule has 0 aromatic heterocycles. The number of rotatable bonds is 5. The van der Waals surface area contributed by atoms with E-state index in [4.69, 9.17) is 10.5 Å². The third-order valence-electron chi connectivity index (χ3n) is 1.73. The molecule has 0 saturated heterocycles. The van der Waals surface area contributed by atoms with Crippen LogP contribution in [-0.2, 0) is 4.74 Å². The number of amides is 1. The van der Waals surface area contributed by atoms with Gasteiger partial charge in [-0.3, -0.25) is 0 Å². The van der Waals surface area contributed by atoms with Crippen molar-refractivity contribution in [3.8, 4) is 0 Å². The minimum absolute atomic E-state index is 0.146. The largest absolute Gasteiger partial charge is 0.444 e. The van der Waals surface area contributed by atoms with Gasteiger partial charge in [0.15, 0.2) is 0 Å². The number of alkyl carbamates (subject to hydrolysis) is 1. The predicted molar refractivity (Wildman–Crippen MR) is 57.5 cm³/mol. The van der Waals surface area contributed by atoms with Crippen LogP contribution < -0.4 is 11.1 Å². The van der Waals surface area contributed by atoms with Gasteiger partial charge in [-0.2, -0.15) is 0 Å². The molecule has 0 spiro atoms. The molecule has 1 amide bonds. The zero-order chi connectivity index (χ0) is 12.8. The van der Waals surface area contributed by atoms with Gasteiger partial charge in [0.2, 0.25) is 0 Å². The third-order valence-corrected chi connectivity index (χ3v) is 1.73. The summed E-state index contributed by atoms with van der Waals surface area (Å²) in [6.07, 6.45) is -2.85. The van der Waals surface area contributed by atoms with Crippen LogP contribution in [0, 0.1) is 0 Å². The Kier molecular flexibility index (Phi) is 6.25. The second-order valence-corrected chi connectivity index (χ2v) is 4.52. The Morgan fingerprint density at radius 1 is 1.44 bits per heavy atom. The van der Waals surface area contributed by atoms with Crippen LogP contribution in [0.15, 0.2) is 0 Å². The van der Waals surface area contributed by atoms with Crippen molar-refractivity contribution >= 4 is 6.09 Å². The Morgan fingerprint density at radius 3 is 2.38 bits per heavy atom. The van der Waals surface area contributed by atoms with E-state index in [-0.39, 0.29) is 6.42 Å². The second-order valence-electron chi connectivity index (χ2n) is 4.52. The average Bonchev–Trinajstić information content (AvgIpc) is 2.08. The van der Waals surface area contributed by atoms with Crippen LogP contribution in [0.4, 0.5) is 13.6 Å². The first-order chi connectivity index (χ1) is 7.26. The third kappa shape index (κ3) is 7.39. The number of hydrogen-bond donors (Lipinski definition) is 2. The standard InChI is InChI=1S/C10H20F2N2O2/c1-10(2,3)16-9(15)14-7(8(11)12)5-4-6-13/h7-8H,4-6,13H2,1-3H3,(H,14,15). The molecule has 1 atom stereocenters. The van der Waals surface area contributed by atoms with Crippen LogP contribution in [0.3, 0.4) is 0 Å². The fraction of sp³-hybridized carbons (Fsp3) is 0.900. The van der Waals surface area contributed by atoms with Crippen LogP contribution >= 0.6 is 0 Å². The van der Waals surface area contributed by atoms with Crippen LogP contribution in [0.25, 0.3) is 0 Å². The molecule has 0 rings (SSSR count). The van der Waals surface area contributed by atoms with Crippen molar-refractivity contribution in [2.75, 3.05) is 6.54 Å². The molecule has 3 N–H and O–H groups in total. The minimum Gasteiger partial charge on any atom is -0.444 e. The first-order valence-electron chi connectivity index (χ1n) is 5.24. The van der Waals surface area contributed by atoms with Gasteiger partial charge in [-0.15, -0.1) is 0 Å². The lowest BCUT2D eigenvalue weighted by molar-refractivity contribution is 0.0363. The number of halogens is 2. The molecule has 0 aromatic carbocycles. The van der Waals surface area contributed by atoms with E-state index in [1.165, 1.54) is 0 Å². The Morgan fingerprint density at radius 2 is 2.00 bits per heavy atom.